The van der Waals surface area contributed by atoms with Crippen molar-refractivity contribution >= 4 is 32.9 Å². The number of oxazole rings is 1. The van der Waals surface area contributed by atoms with Crippen molar-refractivity contribution in [3.8, 4) is 0 Å². The van der Waals surface area contributed by atoms with E-state index in [1.54, 1.807) is 22.6 Å². The molecule has 0 unspecified atom stereocenters. The van der Waals surface area contributed by atoms with Gasteiger partial charge in [-0.05, 0) is 36.2 Å². The maximum Gasteiger partial charge on any atom is 0.419 e. The van der Waals surface area contributed by atoms with Crippen LogP contribution < -0.4 is 5.76 Å². The maximum absolute atomic E-state index is 12.3. The van der Waals surface area contributed by atoms with Crippen LogP contribution in [-0.4, -0.2) is 22.4 Å². The first-order chi connectivity index (χ1) is 12.0. The molecule has 0 spiro atoms. The molecule has 5 nitrogen and oxygen atoms in total. The first-order valence-corrected chi connectivity index (χ1v) is 8.90. The zero-order valence-corrected chi connectivity index (χ0v) is 15.5. The summed E-state index contributed by atoms with van der Waals surface area (Å²) in [7, 11) is 1.80. The van der Waals surface area contributed by atoms with Crippen LogP contribution in [0.15, 0.2) is 62.2 Å². The fourth-order valence-corrected chi connectivity index (χ4v) is 3.02. The molecule has 0 N–H and O–H groups in total. The van der Waals surface area contributed by atoms with E-state index in [1.165, 1.54) is 0 Å². The molecule has 0 fully saturated rings. The Kier molecular flexibility index (Phi) is 5.38. The molecule has 0 atom stereocenters. The van der Waals surface area contributed by atoms with E-state index in [-0.39, 0.29) is 11.7 Å². The second kappa shape index (κ2) is 7.70. The van der Waals surface area contributed by atoms with E-state index in [0.29, 0.717) is 31.5 Å². The van der Waals surface area contributed by atoms with Crippen LogP contribution in [0.25, 0.3) is 11.1 Å². The summed E-state index contributed by atoms with van der Waals surface area (Å²) >= 11 is 3.40. The minimum atomic E-state index is -0.378. The predicted octanol–water partition coefficient (Wildman–Crippen LogP) is 3.80. The lowest BCUT2D eigenvalue weighted by atomic mass is 10.2. The molecule has 3 rings (SSSR count). The van der Waals surface area contributed by atoms with E-state index >= 15 is 0 Å². The number of para-hydroxylation sites is 2. The monoisotopic (exact) mass is 402 g/mol. The van der Waals surface area contributed by atoms with Gasteiger partial charge in [0, 0.05) is 31.0 Å². The standard InChI is InChI=1S/C19H19BrN2O3/c1-21(13-14-8-10-15(20)11-9-14)18(23)7-4-12-22-16-5-2-3-6-17(16)25-19(22)24/h2-3,5-6,8-11H,4,7,12-13H2,1H3. The second-order valence-corrected chi connectivity index (χ2v) is 6.88. The van der Waals surface area contributed by atoms with E-state index in [0.717, 1.165) is 15.6 Å². The predicted molar refractivity (Wildman–Crippen MR) is 100 cm³/mol. The molecule has 0 aliphatic carbocycles. The lowest BCUT2D eigenvalue weighted by molar-refractivity contribution is -0.130. The van der Waals surface area contributed by atoms with E-state index in [1.807, 2.05) is 42.5 Å². The van der Waals surface area contributed by atoms with Gasteiger partial charge in [-0.3, -0.25) is 9.36 Å². The minimum Gasteiger partial charge on any atom is -0.408 e. The largest absolute Gasteiger partial charge is 0.419 e. The van der Waals surface area contributed by atoms with Crippen molar-refractivity contribution in [2.24, 2.45) is 0 Å². The highest BCUT2D eigenvalue weighted by molar-refractivity contribution is 9.10. The summed E-state index contributed by atoms with van der Waals surface area (Å²) in [5, 5.41) is 0. The number of halogens is 1. The van der Waals surface area contributed by atoms with Crippen LogP contribution >= 0.6 is 15.9 Å². The topological polar surface area (TPSA) is 55.5 Å². The van der Waals surface area contributed by atoms with Gasteiger partial charge in [-0.1, -0.05) is 40.2 Å². The number of nitrogens with zero attached hydrogens (tertiary/aromatic N) is 2. The summed E-state index contributed by atoms with van der Waals surface area (Å²) in [6, 6.07) is 15.2. The van der Waals surface area contributed by atoms with Gasteiger partial charge in [-0.15, -0.1) is 0 Å². The average Bonchev–Trinajstić information content (AvgIpc) is 2.92. The maximum atomic E-state index is 12.3. The van der Waals surface area contributed by atoms with Gasteiger partial charge < -0.3 is 9.32 Å². The molecule has 3 aromatic rings. The number of aromatic nitrogens is 1. The van der Waals surface area contributed by atoms with Crippen LogP contribution in [0.4, 0.5) is 0 Å². The number of hydrogen-bond donors (Lipinski definition) is 0. The van der Waals surface area contributed by atoms with Gasteiger partial charge in [-0.2, -0.15) is 0 Å². The van der Waals surface area contributed by atoms with Gasteiger partial charge in [0.25, 0.3) is 0 Å². The Morgan fingerprint density at radius 2 is 1.88 bits per heavy atom. The van der Waals surface area contributed by atoms with Crippen molar-refractivity contribution < 1.29 is 9.21 Å². The highest BCUT2D eigenvalue weighted by Gasteiger charge is 2.12. The Balaban J connectivity index is 1.56. The van der Waals surface area contributed by atoms with Crippen molar-refractivity contribution in [2.45, 2.75) is 25.9 Å². The van der Waals surface area contributed by atoms with Gasteiger partial charge in [0.15, 0.2) is 5.58 Å². The lowest BCUT2D eigenvalue weighted by Gasteiger charge is -2.17. The highest BCUT2D eigenvalue weighted by Crippen LogP contribution is 2.14. The molecule has 0 aliphatic heterocycles. The van der Waals surface area contributed by atoms with Crippen LogP contribution in [0.2, 0.25) is 0 Å². The number of carbonyl (C=O) groups is 1. The van der Waals surface area contributed by atoms with Gasteiger partial charge in [-0.25, -0.2) is 4.79 Å². The summed E-state index contributed by atoms with van der Waals surface area (Å²) in [6.07, 6.45) is 0.978. The number of fused-ring (bicyclic) bond motifs is 1. The molecule has 0 aliphatic rings. The molecule has 0 saturated carbocycles. The number of hydrogen-bond acceptors (Lipinski definition) is 3. The Hall–Kier alpha value is -2.34. The van der Waals surface area contributed by atoms with Crippen LogP contribution in [0.1, 0.15) is 18.4 Å². The number of benzene rings is 2. The fraction of sp³-hybridized carbons (Fsp3) is 0.263. The second-order valence-electron chi connectivity index (χ2n) is 5.97. The van der Waals surface area contributed by atoms with Gasteiger partial charge >= 0.3 is 5.76 Å². The van der Waals surface area contributed by atoms with E-state index < -0.39 is 0 Å². The zero-order valence-electron chi connectivity index (χ0n) is 13.9. The van der Waals surface area contributed by atoms with Gasteiger partial charge in [0.2, 0.25) is 5.91 Å². The summed E-state index contributed by atoms with van der Waals surface area (Å²) in [6.45, 7) is 1.04. The number of carbonyl (C=O) groups excluding carboxylic acids is 1. The first kappa shape index (κ1) is 17.5. The third-order valence-corrected chi connectivity index (χ3v) is 4.63. The van der Waals surface area contributed by atoms with Crippen LogP contribution in [-0.2, 0) is 17.9 Å². The van der Waals surface area contributed by atoms with Crippen molar-refractivity contribution in [1.29, 1.82) is 0 Å². The van der Waals surface area contributed by atoms with Crippen molar-refractivity contribution in [3.05, 3.63) is 69.1 Å². The number of rotatable bonds is 6. The first-order valence-electron chi connectivity index (χ1n) is 8.11. The molecule has 25 heavy (non-hydrogen) atoms. The van der Waals surface area contributed by atoms with Gasteiger partial charge in [0.1, 0.15) is 0 Å². The summed E-state index contributed by atoms with van der Waals surface area (Å²) in [5.74, 6) is -0.319. The molecule has 130 valence electrons. The quantitative estimate of drug-likeness (QED) is 0.629. The highest BCUT2D eigenvalue weighted by atomic mass is 79.9. The molecule has 1 amide bonds. The Morgan fingerprint density at radius 3 is 2.64 bits per heavy atom. The van der Waals surface area contributed by atoms with E-state index in [9.17, 15) is 9.59 Å². The third-order valence-electron chi connectivity index (χ3n) is 4.10. The Morgan fingerprint density at radius 1 is 1.16 bits per heavy atom. The molecule has 0 saturated heterocycles. The molecule has 0 bridgehead atoms. The zero-order chi connectivity index (χ0) is 17.8. The minimum absolute atomic E-state index is 0.0590. The number of amides is 1. The average molecular weight is 403 g/mol. The van der Waals surface area contributed by atoms with E-state index in [4.69, 9.17) is 4.42 Å². The normalized spacial score (nSPS) is 11.0. The van der Waals surface area contributed by atoms with E-state index in [2.05, 4.69) is 15.9 Å². The Bertz CT molecular complexity index is 928. The summed E-state index contributed by atoms with van der Waals surface area (Å²) in [5.41, 5.74) is 2.42. The summed E-state index contributed by atoms with van der Waals surface area (Å²) < 4.78 is 7.80. The fourth-order valence-electron chi connectivity index (χ4n) is 2.76. The third kappa shape index (κ3) is 4.20. The molecular formula is C19H19BrN2O3. The van der Waals surface area contributed by atoms with Crippen LogP contribution in [0, 0.1) is 0 Å². The lowest BCUT2D eigenvalue weighted by Crippen LogP contribution is -2.26. The molecule has 1 heterocycles. The van der Waals surface area contributed by atoms with Gasteiger partial charge in [0.05, 0.1) is 5.52 Å². The molecular weight excluding hydrogens is 384 g/mol. The molecule has 0 radical (unpaired) electrons. The SMILES string of the molecule is CN(Cc1ccc(Br)cc1)C(=O)CCCn1c(=O)oc2ccccc21. The van der Waals surface area contributed by atoms with Crippen molar-refractivity contribution in [3.63, 3.8) is 0 Å². The van der Waals surface area contributed by atoms with Crippen LogP contribution in [0.3, 0.4) is 0 Å². The van der Waals surface area contributed by atoms with Crippen LogP contribution in [0.5, 0.6) is 0 Å². The van der Waals surface area contributed by atoms with Crippen molar-refractivity contribution in [2.75, 3.05) is 7.05 Å². The summed E-state index contributed by atoms with van der Waals surface area (Å²) in [4.78, 5) is 25.9. The Labute approximate surface area is 154 Å². The molecule has 1 aromatic heterocycles. The smallest absolute Gasteiger partial charge is 0.408 e. The number of aryl methyl sites for hydroxylation is 1. The molecule has 6 heteroatoms. The molecule has 2 aromatic carbocycles. The van der Waals surface area contributed by atoms with Crippen molar-refractivity contribution in [1.82, 2.24) is 9.47 Å².